The summed E-state index contributed by atoms with van der Waals surface area (Å²) in [6, 6.07) is 8.23. The van der Waals surface area contributed by atoms with Crippen LogP contribution in [0.3, 0.4) is 0 Å². The number of fused-ring (bicyclic) bond motifs is 1. The van der Waals surface area contributed by atoms with Gasteiger partial charge < -0.3 is 15.1 Å². The molecular weight excluding hydrogens is 410 g/mol. The average Bonchev–Trinajstić information content (AvgIpc) is 3.29. The number of rotatable bonds is 4. The van der Waals surface area contributed by atoms with Gasteiger partial charge in [-0.1, -0.05) is 23.4 Å². The first-order valence-electron chi connectivity index (χ1n) is 8.22. The molecule has 0 aliphatic carbocycles. The van der Waals surface area contributed by atoms with E-state index in [9.17, 15) is 13.2 Å². The zero-order chi connectivity index (χ0) is 19.0. The van der Waals surface area contributed by atoms with Crippen LogP contribution in [0.1, 0.15) is 16.1 Å². The number of sulfone groups is 1. The van der Waals surface area contributed by atoms with E-state index in [4.69, 9.17) is 16.0 Å². The molecule has 1 fully saturated rings. The molecule has 7 nitrogen and oxygen atoms in total. The van der Waals surface area contributed by atoms with E-state index in [1.54, 1.807) is 36.6 Å². The maximum Gasteiger partial charge on any atom is 0.251 e. The molecular formula is C17H16ClN3O4S2. The van der Waals surface area contributed by atoms with Crippen molar-refractivity contribution in [3.8, 4) is 0 Å². The summed E-state index contributed by atoms with van der Waals surface area (Å²) in [5.74, 6) is 0.627. The lowest BCUT2D eigenvalue weighted by Crippen LogP contribution is -2.22. The second-order valence-corrected chi connectivity index (χ2v) is 10.1. The van der Waals surface area contributed by atoms with Gasteiger partial charge in [-0.2, -0.15) is 0 Å². The van der Waals surface area contributed by atoms with Crippen LogP contribution in [0.15, 0.2) is 46.0 Å². The van der Waals surface area contributed by atoms with Crippen molar-refractivity contribution in [1.29, 1.82) is 0 Å². The monoisotopic (exact) mass is 425 g/mol. The zero-order valence-corrected chi connectivity index (χ0v) is 16.4. The highest BCUT2D eigenvalue weighted by Gasteiger charge is 2.42. The van der Waals surface area contributed by atoms with Crippen LogP contribution in [0.5, 0.6) is 0 Å². The first-order valence-corrected chi connectivity index (χ1v) is 11.3. The summed E-state index contributed by atoms with van der Waals surface area (Å²) in [7, 11) is -3.00. The number of furan rings is 1. The van der Waals surface area contributed by atoms with Crippen molar-refractivity contribution in [3.63, 3.8) is 0 Å². The van der Waals surface area contributed by atoms with Crippen LogP contribution in [0.25, 0.3) is 0 Å². The molecule has 1 aromatic carbocycles. The van der Waals surface area contributed by atoms with Crippen molar-refractivity contribution in [2.24, 2.45) is 4.99 Å². The Hall–Kier alpha value is -1.97. The predicted octanol–water partition coefficient (Wildman–Crippen LogP) is 2.54. The molecule has 3 heterocycles. The van der Waals surface area contributed by atoms with Crippen molar-refractivity contribution >= 4 is 50.0 Å². The maximum absolute atomic E-state index is 12.3. The van der Waals surface area contributed by atoms with Gasteiger partial charge in [0, 0.05) is 10.8 Å². The summed E-state index contributed by atoms with van der Waals surface area (Å²) in [6.45, 7) is 0.289. The van der Waals surface area contributed by atoms with E-state index in [1.165, 1.54) is 11.8 Å². The number of nitrogens with zero attached hydrogens (tertiary/aromatic N) is 1. The molecule has 0 unspecified atom stereocenters. The number of aliphatic imine (C=N–C) groups is 1. The third kappa shape index (κ3) is 4.15. The van der Waals surface area contributed by atoms with E-state index in [0.717, 1.165) is 0 Å². The van der Waals surface area contributed by atoms with Crippen molar-refractivity contribution in [3.05, 3.63) is 52.9 Å². The number of carbonyl (C=O) groups is 1. The fourth-order valence-corrected chi connectivity index (χ4v) is 6.81. The number of hydrogen-bond acceptors (Lipinski definition) is 7. The molecule has 2 atom stereocenters. The first kappa shape index (κ1) is 18.4. The third-order valence-corrected chi connectivity index (χ3v) is 7.76. The van der Waals surface area contributed by atoms with Crippen molar-refractivity contribution in [2.45, 2.75) is 17.8 Å². The Morgan fingerprint density at radius 3 is 2.93 bits per heavy atom. The molecule has 1 amide bonds. The quantitative estimate of drug-likeness (QED) is 0.780. The van der Waals surface area contributed by atoms with E-state index >= 15 is 0 Å². The summed E-state index contributed by atoms with van der Waals surface area (Å²) in [5.41, 5.74) is 0.997. The molecule has 2 aliphatic heterocycles. The van der Waals surface area contributed by atoms with E-state index in [-0.39, 0.29) is 35.2 Å². The number of nitrogens with one attached hydrogen (secondary N) is 2. The molecule has 10 heteroatoms. The van der Waals surface area contributed by atoms with Gasteiger partial charge in [-0.05, 0) is 30.3 Å². The molecule has 2 N–H and O–H groups in total. The van der Waals surface area contributed by atoms with Gasteiger partial charge >= 0.3 is 0 Å². The molecule has 0 saturated carbocycles. The number of amides is 1. The second-order valence-electron chi connectivity index (χ2n) is 6.32. The molecule has 4 rings (SSSR count). The molecule has 27 heavy (non-hydrogen) atoms. The van der Waals surface area contributed by atoms with Crippen molar-refractivity contribution in [2.75, 3.05) is 16.8 Å². The van der Waals surface area contributed by atoms with Crippen LogP contribution in [-0.4, -0.2) is 42.3 Å². The highest BCUT2D eigenvalue weighted by Crippen LogP contribution is 2.35. The summed E-state index contributed by atoms with van der Waals surface area (Å²) in [5, 5.41) is 6.91. The zero-order valence-electron chi connectivity index (χ0n) is 14.0. The van der Waals surface area contributed by atoms with Gasteiger partial charge in [-0.25, -0.2) is 8.42 Å². The van der Waals surface area contributed by atoms with Gasteiger partial charge in [0.2, 0.25) is 0 Å². The predicted molar refractivity (Wildman–Crippen MR) is 106 cm³/mol. The largest absolute Gasteiger partial charge is 0.467 e. The lowest BCUT2D eigenvalue weighted by Gasteiger charge is -2.11. The molecule has 2 aromatic rings. The van der Waals surface area contributed by atoms with Gasteiger partial charge in [0.15, 0.2) is 15.0 Å². The van der Waals surface area contributed by atoms with Crippen molar-refractivity contribution in [1.82, 2.24) is 5.32 Å². The lowest BCUT2D eigenvalue weighted by atomic mass is 10.2. The summed E-state index contributed by atoms with van der Waals surface area (Å²) >= 11 is 7.63. The molecule has 1 saturated heterocycles. The fraction of sp³-hybridized carbons (Fsp3) is 0.294. The van der Waals surface area contributed by atoms with Gasteiger partial charge in [0.25, 0.3) is 5.91 Å². The van der Waals surface area contributed by atoms with Gasteiger partial charge in [0.1, 0.15) is 5.76 Å². The Labute approximate surface area is 165 Å². The average molecular weight is 426 g/mol. The number of hydrogen-bond donors (Lipinski definition) is 2. The molecule has 142 valence electrons. The molecule has 0 bridgehead atoms. The minimum atomic E-state index is -3.00. The summed E-state index contributed by atoms with van der Waals surface area (Å²) in [4.78, 5) is 16.8. The Morgan fingerprint density at radius 2 is 2.19 bits per heavy atom. The van der Waals surface area contributed by atoms with E-state index in [2.05, 4.69) is 15.6 Å². The SMILES string of the molecule is O=C(NCc1ccco1)c1ccc(Cl)c(NC2=N[C@@H]3CS(=O)(=O)C[C@@H]3S2)c1. The minimum Gasteiger partial charge on any atom is -0.467 e. The highest BCUT2D eigenvalue weighted by molar-refractivity contribution is 8.15. The Bertz CT molecular complexity index is 1010. The van der Waals surface area contributed by atoms with Crippen molar-refractivity contribution < 1.29 is 17.6 Å². The lowest BCUT2D eigenvalue weighted by molar-refractivity contribution is 0.0948. The minimum absolute atomic E-state index is 0.0592. The van der Waals surface area contributed by atoms with Gasteiger partial charge in [0.05, 0.1) is 41.1 Å². The molecule has 0 radical (unpaired) electrons. The summed E-state index contributed by atoms with van der Waals surface area (Å²) < 4.78 is 28.5. The maximum atomic E-state index is 12.3. The van der Waals surface area contributed by atoms with Crippen LogP contribution in [0.4, 0.5) is 5.69 Å². The van der Waals surface area contributed by atoms with E-state index < -0.39 is 9.84 Å². The molecule has 2 aliphatic rings. The number of thioether (sulfide) groups is 1. The number of benzene rings is 1. The fourth-order valence-electron chi connectivity index (χ4n) is 2.98. The van der Waals surface area contributed by atoms with Gasteiger partial charge in [-0.3, -0.25) is 9.79 Å². The highest BCUT2D eigenvalue weighted by atomic mass is 35.5. The van der Waals surface area contributed by atoms with Crippen LogP contribution in [0, 0.1) is 0 Å². The molecule has 0 spiro atoms. The smallest absolute Gasteiger partial charge is 0.251 e. The van der Waals surface area contributed by atoms with Crippen LogP contribution < -0.4 is 10.6 Å². The second kappa shape index (κ2) is 7.21. The van der Waals surface area contributed by atoms with Crippen LogP contribution in [-0.2, 0) is 16.4 Å². The standard InChI is InChI=1S/C17H16ClN3O4S2/c18-12-4-3-10(16(22)19-7-11-2-1-5-25-11)6-13(12)20-17-21-14-8-27(23,24)9-15(14)26-17/h1-6,14-15H,7-9H2,(H,19,22)(H,20,21)/t14-,15+/m1/s1. The third-order valence-electron chi connectivity index (χ3n) is 4.29. The Balaban J connectivity index is 1.44. The van der Waals surface area contributed by atoms with E-state index in [1.807, 2.05) is 0 Å². The first-order chi connectivity index (χ1) is 12.9. The Kier molecular flexibility index (Phi) is 4.92. The van der Waals surface area contributed by atoms with Crippen LogP contribution >= 0.6 is 23.4 Å². The Morgan fingerprint density at radius 1 is 1.33 bits per heavy atom. The number of anilines is 1. The van der Waals surface area contributed by atoms with Crippen LogP contribution in [0.2, 0.25) is 5.02 Å². The number of carbonyl (C=O) groups excluding carboxylic acids is 1. The van der Waals surface area contributed by atoms with E-state index in [0.29, 0.717) is 27.2 Å². The number of amidine groups is 1. The number of halogens is 1. The topological polar surface area (TPSA) is 101 Å². The molecule has 1 aromatic heterocycles. The van der Waals surface area contributed by atoms with Gasteiger partial charge in [-0.15, -0.1) is 0 Å². The normalized spacial score (nSPS) is 22.9. The summed E-state index contributed by atoms with van der Waals surface area (Å²) in [6.07, 6.45) is 1.55.